The molecule has 1 N–H and O–H groups in total. The molecule has 0 spiro atoms. The first-order chi connectivity index (χ1) is 10.4. The molecule has 0 aliphatic rings. The average molecular weight is 293 g/mol. The van der Waals surface area contributed by atoms with Crippen molar-refractivity contribution in [2.75, 3.05) is 5.32 Å². The van der Waals surface area contributed by atoms with Crippen LogP contribution in [0, 0.1) is 32.1 Å². The highest BCUT2D eigenvalue weighted by atomic mass is 16.1. The summed E-state index contributed by atoms with van der Waals surface area (Å²) in [6.45, 7) is 5.90. The van der Waals surface area contributed by atoms with E-state index in [0.29, 0.717) is 0 Å². The molecule has 1 aromatic heterocycles. The van der Waals surface area contributed by atoms with E-state index in [1.165, 1.54) is 0 Å². The first kappa shape index (κ1) is 15.6. The van der Waals surface area contributed by atoms with Crippen molar-refractivity contribution in [1.29, 1.82) is 5.26 Å². The number of aromatic nitrogens is 1. The maximum atomic E-state index is 12.3. The third-order valence-corrected chi connectivity index (χ3v) is 3.92. The number of nitrogens with zero attached hydrogens (tertiary/aromatic N) is 2. The van der Waals surface area contributed by atoms with Crippen LogP contribution in [0.5, 0.6) is 0 Å². The van der Waals surface area contributed by atoms with Gasteiger partial charge in [-0.3, -0.25) is 4.79 Å². The molecule has 4 nitrogen and oxygen atoms in total. The van der Waals surface area contributed by atoms with E-state index in [4.69, 9.17) is 0 Å². The smallest absolute Gasteiger partial charge is 0.266 e. The summed E-state index contributed by atoms with van der Waals surface area (Å²) in [5, 5.41) is 12.1. The minimum atomic E-state index is -0.393. The van der Waals surface area contributed by atoms with Crippen molar-refractivity contribution in [3.8, 4) is 6.07 Å². The first-order valence-corrected chi connectivity index (χ1v) is 7.05. The van der Waals surface area contributed by atoms with Gasteiger partial charge in [0.25, 0.3) is 5.91 Å². The summed E-state index contributed by atoms with van der Waals surface area (Å²) in [6, 6.07) is 11.5. The van der Waals surface area contributed by atoms with E-state index in [1.54, 1.807) is 6.08 Å². The van der Waals surface area contributed by atoms with Crippen molar-refractivity contribution >= 4 is 17.7 Å². The third kappa shape index (κ3) is 3.09. The first-order valence-electron chi connectivity index (χ1n) is 7.05. The van der Waals surface area contributed by atoms with E-state index in [9.17, 15) is 10.1 Å². The van der Waals surface area contributed by atoms with Gasteiger partial charge >= 0.3 is 0 Å². The zero-order valence-electron chi connectivity index (χ0n) is 13.3. The number of amides is 1. The Balaban J connectivity index is 2.29. The number of rotatable bonds is 3. The van der Waals surface area contributed by atoms with Gasteiger partial charge in [-0.05, 0) is 56.2 Å². The number of nitriles is 1. The minimum Gasteiger partial charge on any atom is -0.348 e. The van der Waals surface area contributed by atoms with Crippen molar-refractivity contribution in [2.24, 2.45) is 7.05 Å². The summed E-state index contributed by atoms with van der Waals surface area (Å²) in [6.07, 6.45) is 1.60. The van der Waals surface area contributed by atoms with Gasteiger partial charge in [0.05, 0.1) is 0 Å². The van der Waals surface area contributed by atoms with Crippen molar-refractivity contribution in [3.05, 3.63) is 58.4 Å². The van der Waals surface area contributed by atoms with Crippen LogP contribution in [0.25, 0.3) is 6.08 Å². The molecule has 0 aliphatic heterocycles. The molecular formula is C18H19N3O. The molecule has 0 bridgehead atoms. The SMILES string of the molecule is Cc1cccc(NC(=O)/C(C#N)=C\c2ccc(C)n2C)c1C. The predicted octanol–water partition coefficient (Wildman–Crippen LogP) is 3.50. The van der Waals surface area contributed by atoms with Crippen LogP contribution in [-0.4, -0.2) is 10.5 Å². The molecule has 1 aromatic carbocycles. The number of carbonyl (C=O) groups is 1. The van der Waals surface area contributed by atoms with Gasteiger partial charge in [0, 0.05) is 24.1 Å². The van der Waals surface area contributed by atoms with Gasteiger partial charge in [-0.15, -0.1) is 0 Å². The second kappa shape index (κ2) is 6.31. The zero-order chi connectivity index (χ0) is 16.3. The van der Waals surface area contributed by atoms with Crippen molar-refractivity contribution in [2.45, 2.75) is 20.8 Å². The Hall–Kier alpha value is -2.80. The highest BCUT2D eigenvalue weighted by Crippen LogP contribution is 2.19. The lowest BCUT2D eigenvalue weighted by molar-refractivity contribution is -0.112. The molecule has 1 amide bonds. The van der Waals surface area contributed by atoms with Crippen molar-refractivity contribution in [3.63, 3.8) is 0 Å². The highest BCUT2D eigenvalue weighted by Gasteiger charge is 2.12. The van der Waals surface area contributed by atoms with Crippen LogP contribution in [0.4, 0.5) is 5.69 Å². The quantitative estimate of drug-likeness (QED) is 0.695. The lowest BCUT2D eigenvalue weighted by Crippen LogP contribution is -2.14. The molecule has 2 aromatic rings. The van der Waals surface area contributed by atoms with E-state index in [2.05, 4.69) is 5.32 Å². The molecule has 0 saturated heterocycles. The van der Waals surface area contributed by atoms with E-state index in [0.717, 1.165) is 28.2 Å². The molecule has 2 rings (SSSR count). The summed E-state index contributed by atoms with van der Waals surface area (Å²) in [7, 11) is 1.90. The van der Waals surface area contributed by atoms with Gasteiger partial charge in [-0.25, -0.2) is 0 Å². The number of nitrogens with one attached hydrogen (secondary N) is 1. The summed E-state index contributed by atoms with van der Waals surface area (Å²) >= 11 is 0. The molecule has 0 fully saturated rings. The van der Waals surface area contributed by atoms with E-state index in [-0.39, 0.29) is 5.57 Å². The normalized spacial score (nSPS) is 11.1. The van der Waals surface area contributed by atoms with E-state index < -0.39 is 5.91 Å². The number of carbonyl (C=O) groups excluding carboxylic acids is 1. The van der Waals surface area contributed by atoms with E-state index in [1.807, 2.05) is 68.8 Å². The van der Waals surface area contributed by atoms with Crippen LogP contribution in [0.2, 0.25) is 0 Å². The Kier molecular flexibility index (Phi) is 4.47. The lowest BCUT2D eigenvalue weighted by atomic mass is 10.1. The Bertz CT molecular complexity index is 791. The number of benzene rings is 1. The Morgan fingerprint density at radius 3 is 2.55 bits per heavy atom. The fourth-order valence-electron chi connectivity index (χ4n) is 2.15. The van der Waals surface area contributed by atoms with E-state index >= 15 is 0 Å². The molecule has 0 saturated carbocycles. The van der Waals surface area contributed by atoms with Crippen LogP contribution in [0.1, 0.15) is 22.5 Å². The van der Waals surface area contributed by atoms with Crippen molar-refractivity contribution < 1.29 is 4.79 Å². The fourth-order valence-corrected chi connectivity index (χ4v) is 2.15. The summed E-state index contributed by atoms with van der Waals surface area (Å²) in [5.74, 6) is -0.393. The van der Waals surface area contributed by atoms with Crippen LogP contribution >= 0.6 is 0 Å². The topological polar surface area (TPSA) is 57.8 Å². The summed E-state index contributed by atoms with van der Waals surface area (Å²) in [4.78, 5) is 12.3. The van der Waals surface area contributed by atoms with Gasteiger partial charge in [0.1, 0.15) is 11.6 Å². The Morgan fingerprint density at radius 2 is 1.95 bits per heavy atom. The van der Waals surface area contributed by atoms with Crippen LogP contribution in [0.15, 0.2) is 35.9 Å². The number of aryl methyl sites for hydroxylation is 2. The number of hydrogen-bond acceptors (Lipinski definition) is 2. The second-order valence-electron chi connectivity index (χ2n) is 5.33. The maximum Gasteiger partial charge on any atom is 0.266 e. The molecule has 1 heterocycles. The molecule has 0 aliphatic carbocycles. The summed E-state index contributed by atoms with van der Waals surface area (Å²) in [5.41, 5.74) is 4.81. The van der Waals surface area contributed by atoms with Crippen LogP contribution < -0.4 is 5.32 Å². The molecule has 0 unspecified atom stereocenters. The standard InChI is InChI=1S/C18H19N3O/c1-12-6-5-7-17(14(12)3)20-18(22)15(11-19)10-16-9-8-13(2)21(16)4/h5-10H,1-4H3,(H,20,22)/b15-10-. The highest BCUT2D eigenvalue weighted by molar-refractivity contribution is 6.09. The molecule has 0 atom stereocenters. The van der Waals surface area contributed by atoms with Crippen LogP contribution in [0.3, 0.4) is 0 Å². The summed E-state index contributed by atoms with van der Waals surface area (Å²) < 4.78 is 1.93. The van der Waals surface area contributed by atoms with Gasteiger partial charge in [0.2, 0.25) is 0 Å². The monoisotopic (exact) mass is 293 g/mol. The average Bonchev–Trinajstić information content (AvgIpc) is 2.81. The molecule has 22 heavy (non-hydrogen) atoms. The van der Waals surface area contributed by atoms with Crippen LogP contribution in [-0.2, 0) is 11.8 Å². The largest absolute Gasteiger partial charge is 0.348 e. The zero-order valence-corrected chi connectivity index (χ0v) is 13.3. The maximum absolute atomic E-state index is 12.3. The third-order valence-electron chi connectivity index (χ3n) is 3.92. The second-order valence-corrected chi connectivity index (χ2v) is 5.33. The minimum absolute atomic E-state index is 0.0853. The molecular weight excluding hydrogens is 274 g/mol. The predicted molar refractivity (Wildman–Crippen MR) is 88.3 cm³/mol. The van der Waals surface area contributed by atoms with Gasteiger partial charge < -0.3 is 9.88 Å². The van der Waals surface area contributed by atoms with Gasteiger partial charge in [-0.1, -0.05) is 12.1 Å². The van der Waals surface area contributed by atoms with Gasteiger partial charge in [0.15, 0.2) is 0 Å². The molecule has 4 heteroatoms. The fraction of sp³-hybridized carbons (Fsp3) is 0.222. The Labute approximate surface area is 130 Å². The Morgan fingerprint density at radius 1 is 1.23 bits per heavy atom. The molecule has 112 valence electrons. The lowest BCUT2D eigenvalue weighted by Gasteiger charge is -2.10. The van der Waals surface area contributed by atoms with Crippen molar-refractivity contribution in [1.82, 2.24) is 4.57 Å². The molecule has 0 radical (unpaired) electrons. The number of hydrogen-bond donors (Lipinski definition) is 1. The van der Waals surface area contributed by atoms with Gasteiger partial charge in [-0.2, -0.15) is 5.26 Å². The number of anilines is 1.